The van der Waals surface area contributed by atoms with E-state index in [-0.39, 0.29) is 53.1 Å². The third-order valence-electron chi connectivity index (χ3n) is 8.83. The maximum absolute atomic E-state index is 13.8. The Kier molecular flexibility index (Phi) is 6.07. The number of carbonyl (C=O) groups excluding carboxylic acids is 1. The Hall–Kier alpha value is -2.59. The number of fused-ring (bicyclic) bond motifs is 1. The summed E-state index contributed by atoms with van der Waals surface area (Å²) in [6, 6.07) is 13.4. The summed E-state index contributed by atoms with van der Waals surface area (Å²) >= 11 is 0. The summed E-state index contributed by atoms with van der Waals surface area (Å²) in [5, 5.41) is 0. The second kappa shape index (κ2) is 8.98. The lowest BCUT2D eigenvalue weighted by molar-refractivity contribution is -0.121. The van der Waals surface area contributed by atoms with Crippen LogP contribution in [-0.4, -0.2) is 56.9 Å². The Morgan fingerprint density at radius 1 is 0.711 bits per heavy atom. The summed E-state index contributed by atoms with van der Waals surface area (Å²) in [6.07, 6.45) is 2.21. The van der Waals surface area contributed by atoms with Crippen molar-refractivity contribution in [2.75, 3.05) is 19.6 Å². The Bertz CT molecular complexity index is 1600. The number of allylic oxidation sites excluding steroid dienone is 1. The molecule has 2 aliphatic carbocycles. The zero-order valence-electron chi connectivity index (χ0n) is 21.8. The van der Waals surface area contributed by atoms with Gasteiger partial charge in [-0.15, -0.1) is 0 Å². The van der Waals surface area contributed by atoms with Crippen molar-refractivity contribution in [1.29, 1.82) is 0 Å². The van der Waals surface area contributed by atoms with Gasteiger partial charge in [0.05, 0.1) is 9.79 Å². The van der Waals surface area contributed by atoms with Crippen molar-refractivity contribution >= 4 is 25.8 Å². The quantitative estimate of drug-likeness (QED) is 0.572. The van der Waals surface area contributed by atoms with E-state index in [1.165, 1.54) is 4.31 Å². The predicted octanol–water partition coefficient (Wildman–Crippen LogP) is 3.99. The molecule has 0 bridgehead atoms. The maximum atomic E-state index is 13.8. The first-order chi connectivity index (χ1) is 18.0. The topological polar surface area (TPSA) is 91.8 Å². The van der Waals surface area contributed by atoms with Crippen LogP contribution in [0.2, 0.25) is 0 Å². The SMILES string of the molecule is CC1=C2CN(S(=O)(=O)c3ccc(C)cc3)CC2=C2CN(S(=O)(=O)c3ccc(C)cc3)[C@H]3CCC[C@@H](C1=O)[C@@H]23. The van der Waals surface area contributed by atoms with Gasteiger partial charge in [0.1, 0.15) is 0 Å². The summed E-state index contributed by atoms with van der Waals surface area (Å²) in [7, 11) is -7.57. The van der Waals surface area contributed by atoms with Gasteiger partial charge in [-0.3, -0.25) is 4.79 Å². The second-order valence-corrected chi connectivity index (χ2v) is 14.9. The molecular weight excluding hydrogens is 520 g/mol. The number of benzene rings is 2. The van der Waals surface area contributed by atoms with Crippen molar-refractivity contribution in [3.63, 3.8) is 0 Å². The van der Waals surface area contributed by atoms with Gasteiger partial charge < -0.3 is 0 Å². The number of carbonyl (C=O) groups is 1. The zero-order valence-corrected chi connectivity index (χ0v) is 23.5. The number of ketones is 1. The van der Waals surface area contributed by atoms with Crippen molar-refractivity contribution < 1.29 is 21.6 Å². The summed E-state index contributed by atoms with van der Waals surface area (Å²) < 4.78 is 57.9. The summed E-state index contributed by atoms with van der Waals surface area (Å²) in [6.45, 7) is 6.11. The summed E-state index contributed by atoms with van der Waals surface area (Å²) in [5.74, 6) is -0.456. The highest BCUT2D eigenvalue weighted by Gasteiger charge is 2.54. The van der Waals surface area contributed by atoms with Gasteiger partial charge in [0, 0.05) is 37.5 Å². The minimum absolute atomic E-state index is 0.0337. The van der Waals surface area contributed by atoms with Crippen LogP contribution in [0.25, 0.3) is 0 Å². The summed E-state index contributed by atoms with van der Waals surface area (Å²) in [4.78, 5) is 14.2. The molecule has 6 rings (SSSR count). The first-order valence-electron chi connectivity index (χ1n) is 13.1. The lowest BCUT2D eigenvalue weighted by atomic mass is 9.72. The smallest absolute Gasteiger partial charge is 0.243 e. The molecule has 38 heavy (non-hydrogen) atoms. The van der Waals surface area contributed by atoms with E-state index < -0.39 is 20.0 Å². The lowest BCUT2D eigenvalue weighted by Crippen LogP contribution is -2.43. The fraction of sp³-hybridized carbons (Fsp3) is 0.414. The Labute approximate surface area is 224 Å². The van der Waals surface area contributed by atoms with Crippen LogP contribution in [0.5, 0.6) is 0 Å². The summed E-state index contributed by atoms with van der Waals surface area (Å²) in [5.41, 5.74) is 5.10. The normalized spacial score (nSPS) is 26.5. The molecule has 3 fully saturated rings. The molecule has 9 heteroatoms. The molecule has 0 N–H and O–H groups in total. The van der Waals surface area contributed by atoms with Crippen molar-refractivity contribution in [1.82, 2.24) is 8.61 Å². The van der Waals surface area contributed by atoms with Crippen molar-refractivity contribution in [2.24, 2.45) is 11.8 Å². The maximum Gasteiger partial charge on any atom is 0.243 e. The first kappa shape index (κ1) is 25.7. The highest BCUT2D eigenvalue weighted by molar-refractivity contribution is 7.89. The highest BCUT2D eigenvalue weighted by atomic mass is 32.2. The van der Waals surface area contributed by atoms with Gasteiger partial charge in [-0.05, 0) is 80.2 Å². The molecule has 200 valence electrons. The molecule has 0 aromatic heterocycles. The van der Waals surface area contributed by atoms with E-state index in [9.17, 15) is 21.6 Å². The molecular formula is C29H32N2O5S2. The van der Waals surface area contributed by atoms with Gasteiger partial charge in [0.2, 0.25) is 20.0 Å². The van der Waals surface area contributed by atoms with Gasteiger partial charge in [-0.2, -0.15) is 8.61 Å². The van der Waals surface area contributed by atoms with E-state index in [0.717, 1.165) is 40.7 Å². The van der Waals surface area contributed by atoms with Crippen LogP contribution in [0, 0.1) is 25.7 Å². The van der Waals surface area contributed by atoms with Gasteiger partial charge in [0.15, 0.2) is 5.78 Å². The molecule has 0 unspecified atom stereocenters. The van der Waals surface area contributed by atoms with Crippen molar-refractivity contribution in [3.8, 4) is 0 Å². The van der Waals surface area contributed by atoms with Gasteiger partial charge in [0.25, 0.3) is 0 Å². The van der Waals surface area contributed by atoms with Gasteiger partial charge in [-0.25, -0.2) is 16.8 Å². The monoisotopic (exact) mass is 552 g/mol. The molecule has 3 atom stereocenters. The number of hydrogen-bond donors (Lipinski definition) is 0. The van der Waals surface area contributed by atoms with Crippen LogP contribution in [0.1, 0.15) is 37.3 Å². The fourth-order valence-corrected chi connectivity index (χ4v) is 9.79. The average Bonchev–Trinajstić information content (AvgIpc) is 3.49. The molecule has 2 aliphatic heterocycles. The highest BCUT2D eigenvalue weighted by Crippen LogP contribution is 2.51. The number of aryl methyl sites for hydroxylation is 2. The Morgan fingerprint density at radius 2 is 1.26 bits per heavy atom. The molecule has 2 saturated heterocycles. The fourth-order valence-electron chi connectivity index (χ4n) is 6.76. The number of rotatable bonds is 4. The van der Waals surface area contributed by atoms with E-state index in [0.29, 0.717) is 12.0 Å². The van der Waals surface area contributed by atoms with E-state index in [1.807, 2.05) is 20.8 Å². The largest absolute Gasteiger partial charge is 0.294 e. The molecule has 4 aliphatic rings. The van der Waals surface area contributed by atoms with E-state index in [4.69, 9.17) is 0 Å². The molecule has 0 amide bonds. The second-order valence-electron chi connectivity index (χ2n) is 11.1. The molecule has 0 radical (unpaired) electrons. The van der Waals surface area contributed by atoms with Crippen molar-refractivity contribution in [2.45, 2.75) is 55.9 Å². The predicted molar refractivity (Wildman–Crippen MR) is 144 cm³/mol. The van der Waals surface area contributed by atoms with E-state index in [1.54, 1.807) is 52.8 Å². The van der Waals surface area contributed by atoms with Crippen molar-refractivity contribution in [3.05, 3.63) is 82.0 Å². The molecule has 2 heterocycles. The standard InChI is InChI=1S/C29H32N2O5S2/c1-18-7-11-21(12-8-18)37(33,34)30-15-24-20(3)29(32)23-5-4-6-27-28(23)26(25(24)16-30)17-31(27)38(35,36)22-13-9-19(2)10-14-22/h7-14,23,27-28H,4-6,15-17H2,1-3H3/t23-,27+,28+/m1/s1. The van der Waals surface area contributed by atoms with Crippen LogP contribution >= 0.6 is 0 Å². The Balaban J connectivity index is 1.45. The first-order valence-corrected chi connectivity index (χ1v) is 16.0. The molecule has 1 saturated carbocycles. The van der Waals surface area contributed by atoms with Crippen LogP contribution in [0.4, 0.5) is 0 Å². The minimum Gasteiger partial charge on any atom is -0.294 e. The molecule has 7 nitrogen and oxygen atoms in total. The Morgan fingerprint density at radius 3 is 1.87 bits per heavy atom. The third kappa shape index (κ3) is 3.86. The third-order valence-corrected chi connectivity index (χ3v) is 12.5. The zero-order chi connectivity index (χ0) is 27.0. The van der Waals surface area contributed by atoms with E-state index >= 15 is 0 Å². The molecule has 2 aromatic rings. The lowest BCUT2D eigenvalue weighted by Gasteiger charge is -2.35. The van der Waals surface area contributed by atoms with Crippen LogP contribution in [-0.2, 0) is 24.8 Å². The van der Waals surface area contributed by atoms with Crippen LogP contribution < -0.4 is 0 Å². The number of Topliss-reactive ketones (excluding diaryl/α,β-unsaturated/α-hetero) is 1. The number of sulfonamides is 2. The van der Waals surface area contributed by atoms with Gasteiger partial charge >= 0.3 is 0 Å². The average molecular weight is 553 g/mol. The minimum atomic E-state index is -3.79. The van der Waals surface area contributed by atoms with Gasteiger partial charge in [-0.1, -0.05) is 41.8 Å². The van der Waals surface area contributed by atoms with Crippen LogP contribution in [0.15, 0.2) is 80.6 Å². The number of hydrogen-bond acceptors (Lipinski definition) is 5. The van der Waals surface area contributed by atoms with Crippen LogP contribution in [0.3, 0.4) is 0 Å². The molecule has 0 spiro atoms. The van der Waals surface area contributed by atoms with E-state index in [2.05, 4.69) is 0 Å². The number of nitrogens with zero attached hydrogens (tertiary/aromatic N) is 2. The molecule has 2 aromatic carbocycles.